The number of amides is 3. The van der Waals surface area contributed by atoms with Crippen molar-refractivity contribution in [2.24, 2.45) is 0 Å². The highest BCUT2D eigenvalue weighted by Crippen LogP contribution is 2.18. The van der Waals surface area contributed by atoms with Crippen LogP contribution in [0.1, 0.15) is 19.8 Å². The fraction of sp³-hybridized carbons (Fsp3) is 0.500. The highest BCUT2D eigenvalue weighted by atomic mass is 16.2. The summed E-state index contributed by atoms with van der Waals surface area (Å²) in [5, 5.41) is 5.59. The number of urea groups is 1. The number of likely N-dealkylation sites (tertiary alicyclic amines) is 1. The van der Waals surface area contributed by atoms with Gasteiger partial charge in [0.2, 0.25) is 5.91 Å². The van der Waals surface area contributed by atoms with Crippen LogP contribution in [-0.2, 0) is 4.79 Å². The molecule has 1 aromatic carbocycles. The molecule has 120 valence electrons. The Bertz CT molecular complexity index is 539. The molecule has 2 rings (SSSR count). The van der Waals surface area contributed by atoms with Crippen LogP contribution in [0.3, 0.4) is 0 Å². The van der Waals surface area contributed by atoms with Gasteiger partial charge in [0.15, 0.2) is 0 Å². The van der Waals surface area contributed by atoms with E-state index in [0.29, 0.717) is 11.4 Å². The molecule has 22 heavy (non-hydrogen) atoms. The third-order valence-corrected chi connectivity index (χ3v) is 3.99. The SMILES string of the molecule is CC(=O)Nc1cccc(NC(=O)N(C)C2CCN(C)CC2)c1. The van der Waals surface area contributed by atoms with E-state index in [9.17, 15) is 9.59 Å². The summed E-state index contributed by atoms with van der Waals surface area (Å²) >= 11 is 0. The third kappa shape index (κ3) is 4.46. The number of hydrogen-bond donors (Lipinski definition) is 2. The maximum atomic E-state index is 12.3. The summed E-state index contributed by atoms with van der Waals surface area (Å²) < 4.78 is 0. The average Bonchev–Trinajstić information content (AvgIpc) is 2.47. The molecule has 1 saturated heterocycles. The zero-order valence-electron chi connectivity index (χ0n) is 13.4. The van der Waals surface area contributed by atoms with E-state index in [1.54, 1.807) is 23.1 Å². The largest absolute Gasteiger partial charge is 0.326 e. The van der Waals surface area contributed by atoms with Crippen LogP contribution in [0, 0.1) is 0 Å². The summed E-state index contributed by atoms with van der Waals surface area (Å²) in [7, 11) is 3.94. The smallest absolute Gasteiger partial charge is 0.321 e. The lowest BCUT2D eigenvalue weighted by molar-refractivity contribution is -0.114. The number of piperidine rings is 1. The molecular weight excluding hydrogens is 280 g/mol. The van der Waals surface area contributed by atoms with Crippen LogP contribution in [-0.4, -0.2) is 55.0 Å². The minimum absolute atomic E-state index is 0.116. The molecule has 0 bridgehead atoms. The van der Waals surface area contributed by atoms with E-state index >= 15 is 0 Å². The summed E-state index contributed by atoms with van der Waals surface area (Å²) in [6.07, 6.45) is 1.98. The number of benzene rings is 1. The molecule has 6 heteroatoms. The Balaban J connectivity index is 1.94. The Labute approximate surface area is 131 Å². The summed E-state index contributed by atoms with van der Waals surface area (Å²) in [5.41, 5.74) is 1.35. The molecule has 1 aromatic rings. The van der Waals surface area contributed by atoms with Gasteiger partial charge in [0.05, 0.1) is 0 Å². The fourth-order valence-corrected chi connectivity index (χ4v) is 2.64. The maximum absolute atomic E-state index is 12.3. The number of nitrogens with one attached hydrogen (secondary N) is 2. The molecule has 0 aromatic heterocycles. The van der Waals surface area contributed by atoms with Crippen molar-refractivity contribution in [1.29, 1.82) is 0 Å². The molecule has 0 unspecified atom stereocenters. The first kappa shape index (κ1) is 16.3. The van der Waals surface area contributed by atoms with Gasteiger partial charge < -0.3 is 20.4 Å². The first-order chi connectivity index (χ1) is 10.5. The number of hydrogen-bond acceptors (Lipinski definition) is 3. The molecule has 6 nitrogen and oxygen atoms in total. The van der Waals surface area contributed by atoms with Gasteiger partial charge >= 0.3 is 6.03 Å². The van der Waals surface area contributed by atoms with Crippen molar-refractivity contribution < 1.29 is 9.59 Å². The van der Waals surface area contributed by atoms with E-state index in [2.05, 4.69) is 22.6 Å². The standard InChI is InChI=1S/C16H24N4O2/c1-12(21)17-13-5-4-6-14(11-13)18-16(22)20(3)15-7-9-19(2)10-8-15/h4-6,11,15H,7-10H2,1-3H3,(H,17,21)(H,18,22). The maximum Gasteiger partial charge on any atom is 0.321 e. The van der Waals surface area contributed by atoms with Gasteiger partial charge in [-0.15, -0.1) is 0 Å². The molecule has 1 aliphatic rings. The predicted molar refractivity (Wildman–Crippen MR) is 88.0 cm³/mol. The predicted octanol–water partition coefficient (Wildman–Crippen LogP) is 2.20. The quantitative estimate of drug-likeness (QED) is 0.900. The van der Waals surface area contributed by atoms with Crippen molar-refractivity contribution in [3.63, 3.8) is 0 Å². The third-order valence-electron chi connectivity index (χ3n) is 3.99. The lowest BCUT2D eigenvalue weighted by atomic mass is 10.0. The second-order valence-corrected chi connectivity index (χ2v) is 5.84. The molecule has 3 amide bonds. The van der Waals surface area contributed by atoms with Gasteiger partial charge in [-0.1, -0.05) is 6.07 Å². The Morgan fingerprint density at radius 1 is 1.18 bits per heavy atom. The topological polar surface area (TPSA) is 64.7 Å². The van der Waals surface area contributed by atoms with Crippen LogP contribution >= 0.6 is 0 Å². The molecule has 0 saturated carbocycles. The van der Waals surface area contributed by atoms with Gasteiger partial charge in [0.25, 0.3) is 0 Å². The molecule has 1 fully saturated rings. The highest BCUT2D eigenvalue weighted by molar-refractivity contribution is 5.92. The van der Waals surface area contributed by atoms with Gasteiger partial charge in [-0.25, -0.2) is 4.79 Å². The van der Waals surface area contributed by atoms with Crippen molar-refractivity contribution in [2.45, 2.75) is 25.8 Å². The van der Waals surface area contributed by atoms with Gasteiger partial charge in [-0.2, -0.15) is 0 Å². The van der Waals surface area contributed by atoms with E-state index in [4.69, 9.17) is 0 Å². The zero-order valence-corrected chi connectivity index (χ0v) is 13.4. The van der Waals surface area contributed by atoms with Gasteiger partial charge in [-0.3, -0.25) is 4.79 Å². The lowest BCUT2D eigenvalue weighted by Gasteiger charge is -2.35. The summed E-state index contributed by atoms with van der Waals surface area (Å²) in [6, 6.07) is 7.31. The number of carbonyl (C=O) groups excluding carboxylic acids is 2. The molecular formula is C16H24N4O2. The number of nitrogens with zero attached hydrogens (tertiary/aromatic N) is 2. The molecule has 2 N–H and O–H groups in total. The van der Waals surface area contributed by atoms with Crippen LogP contribution in [0.25, 0.3) is 0 Å². The van der Waals surface area contributed by atoms with E-state index in [0.717, 1.165) is 25.9 Å². The number of carbonyl (C=O) groups is 2. The van der Waals surface area contributed by atoms with E-state index in [-0.39, 0.29) is 18.0 Å². The molecule has 0 atom stereocenters. The van der Waals surface area contributed by atoms with Crippen LogP contribution in [0.15, 0.2) is 24.3 Å². The van der Waals surface area contributed by atoms with Crippen LogP contribution in [0.5, 0.6) is 0 Å². The van der Waals surface area contributed by atoms with Gasteiger partial charge in [0, 0.05) is 31.4 Å². The molecule has 1 heterocycles. The van der Waals surface area contributed by atoms with Crippen molar-refractivity contribution in [2.75, 3.05) is 37.8 Å². The zero-order chi connectivity index (χ0) is 16.1. The second kappa shape index (κ2) is 7.26. The van der Waals surface area contributed by atoms with Crippen molar-refractivity contribution in [1.82, 2.24) is 9.80 Å². The minimum Gasteiger partial charge on any atom is -0.326 e. The first-order valence-electron chi connectivity index (χ1n) is 7.55. The highest BCUT2D eigenvalue weighted by Gasteiger charge is 2.23. The first-order valence-corrected chi connectivity index (χ1v) is 7.55. The van der Waals surface area contributed by atoms with Gasteiger partial charge in [-0.05, 0) is 51.2 Å². The van der Waals surface area contributed by atoms with E-state index in [1.807, 2.05) is 13.1 Å². The minimum atomic E-state index is -0.132. The van der Waals surface area contributed by atoms with E-state index < -0.39 is 0 Å². The van der Waals surface area contributed by atoms with Crippen LogP contribution in [0.4, 0.5) is 16.2 Å². The number of anilines is 2. The summed E-state index contributed by atoms with van der Waals surface area (Å²) in [6.45, 7) is 3.49. The van der Waals surface area contributed by atoms with Gasteiger partial charge in [0.1, 0.15) is 0 Å². The Morgan fingerprint density at radius 3 is 2.36 bits per heavy atom. The molecule has 0 spiro atoms. The van der Waals surface area contributed by atoms with Crippen molar-refractivity contribution >= 4 is 23.3 Å². The lowest BCUT2D eigenvalue weighted by Crippen LogP contribution is -2.46. The van der Waals surface area contributed by atoms with Crippen molar-refractivity contribution in [3.8, 4) is 0 Å². The second-order valence-electron chi connectivity index (χ2n) is 5.84. The normalized spacial score (nSPS) is 16.1. The fourth-order valence-electron chi connectivity index (χ4n) is 2.64. The summed E-state index contributed by atoms with van der Waals surface area (Å²) in [4.78, 5) is 27.5. The molecule has 0 aliphatic carbocycles. The molecule has 0 radical (unpaired) electrons. The van der Waals surface area contributed by atoms with Crippen molar-refractivity contribution in [3.05, 3.63) is 24.3 Å². The summed E-state index contributed by atoms with van der Waals surface area (Å²) in [5.74, 6) is -0.132. The Kier molecular flexibility index (Phi) is 5.38. The monoisotopic (exact) mass is 304 g/mol. The van der Waals surface area contributed by atoms with Crippen LogP contribution < -0.4 is 10.6 Å². The Morgan fingerprint density at radius 2 is 1.77 bits per heavy atom. The average molecular weight is 304 g/mol. The molecule has 1 aliphatic heterocycles. The number of rotatable bonds is 3. The Hall–Kier alpha value is -2.08. The van der Waals surface area contributed by atoms with Crippen LogP contribution in [0.2, 0.25) is 0 Å². The van der Waals surface area contributed by atoms with E-state index in [1.165, 1.54) is 6.92 Å².